The van der Waals surface area contributed by atoms with Gasteiger partial charge in [0.2, 0.25) is 11.8 Å². The summed E-state index contributed by atoms with van der Waals surface area (Å²) >= 11 is 6.11. The monoisotopic (exact) mass is 584 g/mol. The normalized spacial score (nSPS) is 23.3. The van der Waals surface area contributed by atoms with Crippen molar-refractivity contribution in [3.8, 4) is 11.5 Å². The van der Waals surface area contributed by atoms with Gasteiger partial charge in [-0.3, -0.25) is 9.59 Å². The Morgan fingerprint density at radius 2 is 1.85 bits per heavy atom. The van der Waals surface area contributed by atoms with Gasteiger partial charge in [0.1, 0.15) is 12.2 Å². The van der Waals surface area contributed by atoms with E-state index in [-0.39, 0.29) is 38.1 Å². The fourth-order valence-electron chi connectivity index (χ4n) is 6.34. The number of hydrogen-bond donors (Lipinski definition) is 4. The summed E-state index contributed by atoms with van der Waals surface area (Å²) in [5.74, 6) is -0.135. The first kappa shape index (κ1) is 29.4. The first-order chi connectivity index (χ1) is 19.8. The van der Waals surface area contributed by atoms with Crippen molar-refractivity contribution in [1.82, 2.24) is 10.2 Å². The Bertz CT molecular complexity index is 1290. The van der Waals surface area contributed by atoms with Gasteiger partial charge in [-0.1, -0.05) is 36.6 Å². The second kappa shape index (κ2) is 12.8. The minimum atomic E-state index is -1.16. The molecule has 4 unspecified atom stereocenters. The maximum Gasteiger partial charge on any atom is 0.247 e. The van der Waals surface area contributed by atoms with Gasteiger partial charge < -0.3 is 35.0 Å². The van der Waals surface area contributed by atoms with E-state index in [1.54, 1.807) is 35.2 Å². The molecule has 4 N–H and O–H groups in total. The van der Waals surface area contributed by atoms with Crippen LogP contribution in [0.5, 0.6) is 11.5 Å². The number of halogens is 1. The molecule has 2 amide bonds. The molecule has 0 saturated heterocycles. The van der Waals surface area contributed by atoms with Gasteiger partial charge in [0.25, 0.3) is 0 Å². The largest absolute Gasteiger partial charge is 0.493 e. The number of rotatable bonds is 10. The average Bonchev–Trinajstić information content (AvgIpc) is 3.64. The van der Waals surface area contributed by atoms with Crippen molar-refractivity contribution in [3.63, 3.8) is 0 Å². The maximum absolute atomic E-state index is 13.9. The number of carbonyl (C=O) groups is 2. The number of aliphatic hydroxyl groups excluding tert-OH is 3. The lowest BCUT2D eigenvalue weighted by Crippen LogP contribution is -2.55. The number of amides is 2. The Kier molecular flexibility index (Phi) is 9.19. The SMILES string of the molecule is COc1cc(CO)cc2c1OC1C2C(C(=O)NCCO)=CC(N(Cc2ccc(Cl)cc2)C(=O)CC2CCCC2)C1O. The number of fused-ring (bicyclic) bond motifs is 3. The number of ether oxygens (including phenoxy) is 2. The summed E-state index contributed by atoms with van der Waals surface area (Å²) in [4.78, 5) is 29.0. The molecular formula is C31H37ClN2O7. The van der Waals surface area contributed by atoms with E-state index < -0.39 is 30.1 Å². The highest BCUT2D eigenvalue weighted by molar-refractivity contribution is 6.30. The molecule has 1 heterocycles. The quantitative estimate of drug-likeness (QED) is 0.338. The van der Waals surface area contributed by atoms with Gasteiger partial charge in [0, 0.05) is 35.7 Å². The molecule has 0 spiro atoms. The highest BCUT2D eigenvalue weighted by atomic mass is 35.5. The molecule has 1 aliphatic heterocycles. The van der Waals surface area contributed by atoms with E-state index in [1.807, 2.05) is 12.1 Å². The smallest absolute Gasteiger partial charge is 0.247 e. The third-order valence-corrected chi connectivity index (χ3v) is 8.63. The number of benzene rings is 2. The van der Waals surface area contributed by atoms with E-state index in [9.17, 15) is 24.9 Å². The fraction of sp³-hybridized carbons (Fsp3) is 0.484. The van der Waals surface area contributed by atoms with Gasteiger partial charge in [-0.25, -0.2) is 0 Å². The Balaban J connectivity index is 1.57. The number of nitrogens with zero attached hydrogens (tertiary/aromatic N) is 1. The molecule has 1 fully saturated rings. The zero-order valence-electron chi connectivity index (χ0n) is 23.1. The number of hydrogen-bond acceptors (Lipinski definition) is 7. The van der Waals surface area contributed by atoms with Crippen molar-refractivity contribution in [2.24, 2.45) is 5.92 Å². The first-order valence-electron chi connectivity index (χ1n) is 14.2. The van der Waals surface area contributed by atoms with Crippen LogP contribution in [0.4, 0.5) is 0 Å². The second-order valence-corrected chi connectivity index (χ2v) is 11.5. The number of aliphatic hydroxyl groups is 3. The van der Waals surface area contributed by atoms with E-state index in [0.29, 0.717) is 39.6 Å². The zero-order chi connectivity index (χ0) is 29.1. The predicted octanol–water partition coefficient (Wildman–Crippen LogP) is 3.07. The highest BCUT2D eigenvalue weighted by Gasteiger charge is 2.51. The summed E-state index contributed by atoms with van der Waals surface area (Å²) in [5, 5.41) is 34.4. The standard InChI is InChI=1S/C31H37ClN2O7/c1-40-25-13-20(17-36)12-22-27-23(31(39)33-10-11-35)15-24(28(38)30(27)41-29(22)25)34(16-19-6-8-21(32)9-7-19)26(37)14-18-4-2-3-5-18/h6-9,12-13,15,18,24,27-28,30,35-36,38H,2-5,10-11,14,16-17H2,1H3,(H,33,39). The molecule has 9 nitrogen and oxygen atoms in total. The summed E-state index contributed by atoms with van der Waals surface area (Å²) in [6.45, 7) is -0.220. The summed E-state index contributed by atoms with van der Waals surface area (Å²) in [7, 11) is 1.49. The van der Waals surface area contributed by atoms with E-state index in [1.165, 1.54) is 7.11 Å². The van der Waals surface area contributed by atoms with Crippen molar-refractivity contribution in [1.29, 1.82) is 0 Å². The van der Waals surface area contributed by atoms with Crippen LogP contribution in [0.25, 0.3) is 0 Å². The second-order valence-electron chi connectivity index (χ2n) is 11.0. The molecular weight excluding hydrogens is 548 g/mol. The number of nitrogens with one attached hydrogen (secondary N) is 1. The zero-order valence-corrected chi connectivity index (χ0v) is 23.8. The molecule has 41 heavy (non-hydrogen) atoms. The molecule has 0 radical (unpaired) electrons. The van der Waals surface area contributed by atoms with Crippen LogP contribution in [-0.4, -0.2) is 70.5 Å². The van der Waals surface area contributed by atoms with Crippen LogP contribution in [0.2, 0.25) is 5.02 Å². The summed E-state index contributed by atoms with van der Waals surface area (Å²) in [6.07, 6.45) is 4.17. The molecule has 2 aromatic rings. The van der Waals surface area contributed by atoms with Crippen LogP contribution >= 0.6 is 11.6 Å². The lowest BCUT2D eigenvalue weighted by Gasteiger charge is -2.41. The third-order valence-electron chi connectivity index (χ3n) is 8.38. The number of carbonyl (C=O) groups excluding carboxylic acids is 2. The van der Waals surface area contributed by atoms with Gasteiger partial charge in [-0.05, 0) is 60.2 Å². The molecule has 0 aromatic heterocycles. The van der Waals surface area contributed by atoms with Crippen LogP contribution in [0.1, 0.15) is 54.7 Å². The minimum absolute atomic E-state index is 0.0452. The predicted molar refractivity (Wildman–Crippen MR) is 153 cm³/mol. The van der Waals surface area contributed by atoms with Crippen LogP contribution in [0, 0.1) is 5.92 Å². The lowest BCUT2D eigenvalue weighted by atomic mass is 9.77. The van der Waals surface area contributed by atoms with Crippen molar-refractivity contribution in [3.05, 3.63) is 69.8 Å². The Morgan fingerprint density at radius 1 is 1.12 bits per heavy atom. The van der Waals surface area contributed by atoms with Crippen molar-refractivity contribution in [2.45, 2.75) is 69.4 Å². The third kappa shape index (κ3) is 6.09. The lowest BCUT2D eigenvalue weighted by molar-refractivity contribution is -0.139. The van der Waals surface area contributed by atoms with E-state index >= 15 is 0 Å². The van der Waals surface area contributed by atoms with Crippen molar-refractivity contribution < 1.29 is 34.4 Å². The molecule has 0 bridgehead atoms. The van der Waals surface area contributed by atoms with Crippen LogP contribution < -0.4 is 14.8 Å². The van der Waals surface area contributed by atoms with Gasteiger partial charge in [-0.2, -0.15) is 0 Å². The average molecular weight is 585 g/mol. The van der Waals surface area contributed by atoms with Crippen molar-refractivity contribution in [2.75, 3.05) is 20.3 Å². The van der Waals surface area contributed by atoms with Crippen molar-refractivity contribution >= 4 is 23.4 Å². The topological polar surface area (TPSA) is 129 Å². The van der Waals surface area contributed by atoms with E-state index in [2.05, 4.69) is 5.32 Å². The van der Waals surface area contributed by atoms with Gasteiger partial charge >= 0.3 is 0 Å². The van der Waals surface area contributed by atoms with Gasteiger partial charge in [0.05, 0.1) is 32.3 Å². The highest BCUT2D eigenvalue weighted by Crippen LogP contribution is 2.51. The van der Waals surface area contributed by atoms with Gasteiger partial charge in [0.15, 0.2) is 11.5 Å². The molecule has 5 rings (SSSR count). The summed E-state index contributed by atoms with van der Waals surface area (Å²) in [6, 6.07) is 9.76. The van der Waals surface area contributed by atoms with Crippen LogP contribution in [0.15, 0.2) is 48.0 Å². The number of methoxy groups -OCH3 is 1. The Labute approximate surface area is 244 Å². The molecule has 2 aromatic carbocycles. The molecule has 2 aliphatic carbocycles. The van der Waals surface area contributed by atoms with E-state index in [4.69, 9.17) is 21.1 Å². The fourth-order valence-corrected chi connectivity index (χ4v) is 6.47. The van der Waals surface area contributed by atoms with Gasteiger partial charge in [-0.15, -0.1) is 0 Å². The Hall–Kier alpha value is -3.11. The molecule has 1 saturated carbocycles. The molecule has 3 aliphatic rings. The first-order valence-corrected chi connectivity index (χ1v) is 14.5. The van der Waals surface area contributed by atoms with Crippen LogP contribution in [-0.2, 0) is 22.7 Å². The van der Waals surface area contributed by atoms with Crippen LogP contribution in [0.3, 0.4) is 0 Å². The Morgan fingerprint density at radius 3 is 2.51 bits per heavy atom. The van der Waals surface area contributed by atoms with E-state index in [0.717, 1.165) is 31.2 Å². The molecule has 220 valence electrons. The molecule has 10 heteroatoms. The molecule has 4 atom stereocenters. The summed E-state index contributed by atoms with van der Waals surface area (Å²) in [5.41, 5.74) is 2.35. The minimum Gasteiger partial charge on any atom is -0.493 e. The maximum atomic E-state index is 13.9. The summed E-state index contributed by atoms with van der Waals surface area (Å²) < 4.78 is 11.8.